The van der Waals surface area contributed by atoms with Crippen molar-refractivity contribution in [2.75, 3.05) is 52.4 Å². The van der Waals surface area contributed by atoms with Gasteiger partial charge < -0.3 is 9.80 Å². The molecule has 1 aromatic heterocycles. The van der Waals surface area contributed by atoms with Crippen LogP contribution in [0.3, 0.4) is 0 Å². The number of benzene rings is 1. The molecular weight excluding hydrogens is 454 g/mol. The molecule has 0 unspecified atom stereocenters. The lowest BCUT2D eigenvalue weighted by molar-refractivity contribution is -0.138. The third-order valence-electron chi connectivity index (χ3n) is 6.38. The molecule has 2 aromatic rings. The molecule has 0 radical (unpaired) electrons. The Balaban J connectivity index is 1.18. The molecule has 0 aliphatic carbocycles. The monoisotopic (exact) mass is 485 g/mol. The van der Waals surface area contributed by atoms with Crippen LogP contribution >= 0.6 is 0 Å². The molecule has 10 heteroatoms. The number of rotatable bonds is 7. The molecular formula is C24H31N5O4S. The molecule has 0 saturated carbocycles. The number of amides is 2. The SMILES string of the molecule is O=C(CCC(=O)N1CCN(S(=O)(=O)c2ccccc2)CC1)N1CCN(Cc2cccnc2)CC1. The van der Waals surface area contributed by atoms with Crippen molar-refractivity contribution in [3.8, 4) is 0 Å². The highest BCUT2D eigenvalue weighted by Crippen LogP contribution is 2.18. The van der Waals surface area contributed by atoms with Crippen LogP contribution in [-0.2, 0) is 26.2 Å². The van der Waals surface area contributed by atoms with E-state index in [4.69, 9.17) is 0 Å². The smallest absolute Gasteiger partial charge is 0.243 e. The van der Waals surface area contributed by atoms with Crippen LogP contribution in [0.2, 0.25) is 0 Å². The number of sulfonamides is 1. The average molecular weight is 486 g/mol. The molecule has 2 fully saturated rings. The summed E-state index contributed by atoms with van der Waals surface area (Å²) in [7, 11) is -3.55. The topological polar surface area (TPSA) is 94.1 Å². The number of nitrogens with zero attached hydrogens (tertiary/aromatic N) is 5. The number of hydrogen-bond acceptors (Lipinski definition) is 6. The highest BCUT2D eigenvalue weighted by molar-refractivity contribution is 7.89. The van der Waals surface area contributed by atoms with Crippen molar-refractivity contribution in [1.29, 1.82) is 0 Å². The number of aromatic nitrogens is 1. The Morgan fingerprint density at radius 1 is 0.765 bits per heavy atom. The summed E-state index contributed by atoms with van der Waals surface area (Å²) in [6, 6.07) is 12.3. The molecule has 2 aliphatic rings. The number of hydrogen-bond donors (Lipinski definition) is 0. The van der Waals surface area contributed by atoms with Crippen molar-refractivity contribution in [2.24, 2.45) is 0 Å². The second-order valence-corrected chi connectivity index (χ2v) is 10.6. The predicted octanol–water partition coefficient (Wildman–Crippen LogP) is 1.04. The lowest BCUT2D eigenvalue weighted by Crippen LogP contribution is -2.51. The molecule has 4 rings (SSSR count). The molecule has 0 N–H and O–H groups in total. The predicted molar refractivity (Wildman–Crippen MR) is 127 cm³/mol. The minimum atomic E-state index is -3.55. The van der Waals surface area contributed by atoms with Gasteiger partial charge in [0.1, 0.15) is 0 Å². The number of piperazine rings is 2. The van der Waals surface area contributed by atoms with Crippen molar-refractivity contribution in [3.63, 3.8) is 0 Å². The van der Waals surface area contributed by atoms with Gasteiger partial charge in [-0.15, -0.1) is 0 Å². The normalized spacial score (nSPS) is 18.1. The first-order valence-corrected chi connectivity index (χ1v) is 13.1. The van der Waals surface area contributed by atoms with E-state index >= 15 is 0 Å². The molecule has 2 amide bonds. The largest absolute Gasteiger partial charge is 0.340 e. The highest BCUT2D eigenvalue weighted by Gasteiger charge is 2.30. The summed E-state index contributed by atoms with van der Waals surface area (Å²) >= 11 is 0. The number of carbonyl (C=O) groups is 2. The van der Waals surface area contributed by atoms with Gasteiger partial charge in [-0.1, -0.05) is 24.3 Å². The van der Waals surface area contributed by atoms with Gasteiger partial charge in [0.2, 0.25) is 21.8 Å². The maximum absolute atomic E-state index is 12.7. The molecule has 0 bridgehead atoms. The summed E-state index contributed by atoms with van der Waals surface area (Å²) in [6.45, 7) is 4.93. The van der Waals surface area contributed by atoms with E-state index in [9.17, 15) is 18.0 Å². The molecule has 1 aromatic carbocycles. The van der Waals surface area contributed by atoms with Crippen LogP contribution in [0, 0.1) is 0 Å². The first-order valence-electron chi connectivity index (χ1n) is 11.7. The van der Waals surface area contributed by atoms with Gasteiger partial charge in [-0.3, -0.25) is 19.5 Å². The lowest BCUT2D eigenvalue weighted by atomic mass is 10.2. The van der Waals surface area contributed by atoms with E-state index in [2.05, 4.69) is 9.88 Å². The van der Waals surface area contributed by atoms with Crippen LogP contribution in [0.5, 0.6) is 0 Å². The molecule has 3 heterocycles. The van der Waals surface area contributed by atoms with Crippen LogP contribution < -0.4 is 0 Å². The molecule has 0 atom stereocenters. The summed E-state index contributed by atoms with van der Waals surface area (Å²) in [5.41, 5.74) is 1.16. The van der Waals surface area contributed by atoms with Gasteiger partial charge in [-0.05, 0) is 23.8 Å². The maximum Gasteiger partial charge on any atom is 0.243 e. The minimum Gasteiger partial charge on any atom is -0.340 e. The van der Waals surface area contributed by atoms with Gasteiger partial charge in [0.15, 0.2) is 0 Å². The number of carbonyl (C=O) groups excluding carboxylic acids is 2. The second kappa shape index (κ2) is 11.1. The Morgan fingerprint density at radius 3 is 1.91 bits per heavy atom. The first kappa shape index (κ1) is 24.3. The van der Waals surface area contributed by atoms with E-state index < -0.39 is 10.0 Å². The van der Waals surface area contributed by atoms with Crippen LogP contribution in [0.25, 0.3) is 0 Å². The third-order valence-corrected chi connectivity index (χ3v) is 8.29. The van der Waals surface area contributed by atoms with Crippen LogP contribution in [-0.4, -0.2) is 96.6 Å². The fourth-order valence-corrected chi connectivity index (χ4v) is 5.80. The lowest BCUT2D eigenvalue weighted by Gasteiger charge is -2.35. The average Bonchev–Trinajstić information content (AvgIpc) is 2.88. The number of pyridine rings is 1. The van der Waals surface area contributed by atoms with E-state index in [1.807, 2.05) is 23.2 Å². The van der Waals surface area contributed by atoms with Crippen LogP contribution in [0.4, 0.5) is 0 Å². The zero-order chi connectivity index (χ0) is 24.0. The van der Waals surface area contributed by atoms with Gasteiger partial charge in [0.25, 0.3) is 0 Å². The fourth-order valence-electron chi connectivity index (χ4n) is 4.35. The summed E-state index contributed by atoms with van der Waals surface area (Å²) in [5.74, 6) is -0.0972. The molecule has 9 nitrogen and oxygen atoms in total. The van der Waals surface area contributed by atoms with Gasteiger partial charge >= 0.3 is 0 Å². The molecule has 2 saturated heterocycles. The van der Waals surface area contributed by atoms with E-state index in [-0.39, 0.29) is 42.6 Å². The fraction of sp³-hybridized carbons (Fsp3) is 0.458. The van der Waals surface area contributed by atoms with Crippen molar-refractivity contribution in [3.05, 3.63) is 60.4 Å². The minimum absolute atomic E-state index is 0.000306. The zero-order valence-electron chi connectivity index (χ0n) is 19.3. The summed E-state index contributed by atoms with van der Waals surface area (Å²) in [5, 5.41) is 0. The summed E-state index contributed by atoms with van der Waals surface area (Å²) in [6.07, 6.45) is 3.96. The van der Waals surface area contributed by atoms with E-state index in [0.29, 0.717) is 26.2 Å². The quantitative estimate of drug-likeness (QED) is 0.582. The Kier molecular flexibility index (Phi) is 7.91. The van der Waals surface area contributed by atoms with Crippen molar-refractivity contribution in [1.82, 2.24) is 24.0 Å². The Hall–Kier alpha value is -2.82. The third kappa shape index (κ3) is 5.99. The Labute approximate surface area is 201 Å². The molecule has 0 spiro atoms. The van der Waals surface area contributed by atoms with Crippen molar-refractivity contribution in [2.45, 2.75) is 24.3 Å². The van der Waals surface area contributed by atoms with E-state index in [1.54, 1.807) is 41.4 Å². The Bertz CT molecular complexity index is 1070. The van der Waals surface area contributed by atoms with Crippen LogP contribution in [0.15, 0.2) is 59.8 Å². The van der Waals surface area contributed by atoms with Gasteiger partial charge in [0, 0.05) is 84.1 Å². The van der Waals surface area contributed by atoms with Crippen molar-refractivity contribution < 1.29 is 18.0 Å². The second-order valence-electron chi connectivity index (χ2n) is 8.62. The first-order chi connectivity index (χ1) is 16.4. The summed E-state index contributed by atoms with van der Waals surface area (Å²) < 4.78 is 26.9. The van der Waals surface area contributed by atoms with E-state index in [0.717, 1.165) is 25.2 Å². The van der Waals surface area contributed by atoms with Gasteiger partial charge in [-0.25, -0.2) is 8.42 Å². The Morgan fingerprint density at radius 2 is 1.35 bits per heavy atom. The zero-order valence-corrected chi connectivity index (χ0v) is 20.1. The van der Waals surface area contributed by atoms with Gasteiger partial charge in [-0.2, -0.15) is 4.31 Å². The molecule has 182 valence electrons. The van der Waals surface area contributed by atoms with E-state index in [1.165, 1.54) is 4.31 Å². The van der Waals surface area contributed by atoms with Crippen molar-refractivity contribution >= 4 is 21.8 Å². The highest BCUT2D eigenvalue weighted by atomic mass is 32.2. The van der Waals surface area contributed by atoms with Crippen LogP contribution in [0.1, 0.15) is 18.4 Å². The molecule has 2 aliphatic heterocycles. The van der Waals surface area contributed by atoms with Gasteiger partial charge in [0.05, 0.1) is 4.90 Å². The maximum atomic E-state index is 12.7. The molecule has 34 heavy (non-hydrogen) atoms. The standard InChI is InChI=1S/C24H31N5O4S/c30-23(27-13-11-26(12-14-27)20-21-5-4-10-25-19-21)8-9-24(31)28-15-17-29(18-16-28)34(32,33)22-6-2-1-3-7-22/h1-7,10,19H,8-9,11-18,20H2. The summed E-state index contributed by atoms with van der Waals surface area (Å²) in [4.78, 5) is 35.5.